The van der Waals surface area contributed by atoms with Crippen LogP contribution in [0.2, 0.25) is 0 Å². The first-order valence-electron chi connectivity index (χ1n) is 9.77. The lowest BCUT2D eigenvalue weighted by Crippen LogP contribution is -2.37. The molecule has 30 heavy (non-hydrogen) atoms. The van der Waals surface area contributed by atoms with Gasteiger partial charge in [-0.1, -0.05) is 60.7 Å². The molecular weight excluding hydrogens is 380 g/mol. The first-order valence-corrected chi connectivity index (χ1v) is 9.77. The molecule has 2 saturated heterocycles. The maximum atomic E-state index is 13.6. The van der Waals surface area contributed by atoms with E-state index in [2.05, 4.69) is 0 Å². The third-order valence-electron chi connectivity index (χ3n) is 5.59. The Kier molecular flexibility index (Phi) is 4.48. The summed E-state index contributed by atoms with van der Waals surface area (Å²) in [5, 5.41) is 1.69. The van der Waals surface area contributed by atoms with Crippen LogP contribution in [0.3, 0.4) is 0 Å². The zero-order valence-electron chi connectivity index (χ0n) is 16.3. The van der Waals surface area contributed by atoms with Crippen molar-refractivity contribution in [3.8, 4) is 5.75 Å². The Bertz CT molecular complexity index is 1090. The highest BCUT2D eigenvalue weighted by Crippen LogP contribution is 2.48. The van der Waals surface area contributed by atoms with E-state index in [9.17, 15) is 9.59 Å². The molecule has 3 aromatic carbocycles. The summed E-state index contributed by atoms with van der Waals surface area (Å²) in [6.07, 6.45) is -0.896. The second-order valence-corrected chi connectivity index (χ2v) is 7.25. The molecule has 6 nitrogen and oxygen atoms in total. The van der Waals surface area contributed by atoms with Gasteiger partial charge in [-0.3, -0.25) is 14.4 Å². The third kappa shape index (κ3) is 2.76. The van der Waals surface area contributed by atoms with Crippen molar-refractivity contribution >= 4 is 23.2 Å². The summed E-state index contributed by atoms with van der Waals surface area (Å²) in [5.41, 5.74) is 2.15. The number of ether oxygens (including phenoxy) is 1. The van der Waals surface area contributed by atoms with Gasteiger partial charge < -0.3 is 4.74 Å². The Morgan fingerprint density at radius 1 is 0.800 bits per heavy atom. The average molecular weight is 400 g/mol. The molecule has 5 rings (SSSR count). The number of fused-ring (bicyclic) bond motifs is 1. The Balaban J connectivity index is 1.59. The highest BCUT2D eigenvalue weighted by atomic mass is 16.7. The van der Waals surface area contributed by atoms with Crippen molar-refractivity contribution in [1.29, 1.82) is 0 Å². The van der Waals surface area contributed by atoms with Crippen LogP contribution in [0.15, 0.2) is 84.9 Å². The smallest absolute Gasteiger partial charge is 0.266 e. The third-order valence-corrected chi connectivity index (χ3v) is 5.59. The van der Waals surface area contributed by atoms with Gasteiger partial charge in [-0.15, -0.1) is 0 Å². The van der Waals surface area contributed by atoms with Crippen LogP contribution >= 0.6 is 0 Å². The minimum Gasteiger partial charge on any atom is -0.495 e. The van der Waals surface area contributed by atoms with Gasteiger partial charge in [0.15, 0.2) is 6.10 Å². The molecule has 0 radical (unpaired) electrons. The normalized spacial score (nSPS) is 23.0. The summed E-state index contributed by atoms with van der Waals surface area (Å²) in [6.45, 7) is 0. The van der Waals surface area contributed by atoms with E-state index in [0.29, 0.717) is 11.4 Å². The quantitative estimate of drug-likeness (QED) is 0.625. The SMILES string of the molecule is COc1ccccc1N1C(=O)[C@H]2[C@H](ON(c3ccccc3)[C@@H]2c2ccccc2)C1=O. The van der Waals surface area contributed by atoms with Crippen LogP contribution in [0.4, 0.5) is 11.4 Å². The fraction of sp³-hybridized carbons (Fsp3) is 0.167. The van der Waals surface area contributed by atoms with Gasteiger partial charge in [-0.25, -0.2) is 9.96 Å². The summed E-state index contributed by atoms with van der Waals surface area (Å²) >= 11 is 0. The van der Waals surface area contributed by atoms with Gasteiger partial charge >= 0.3 is 0 Å². The van der Waals surface area contributed by atoms with Crippen LogP contribution in [0, 0.1) is 5.92 Å². The standard InChI is InChI=1S/C24H20N2O4/c1-29-19-15-9-8-14-18(19)25-23(27)20-21(16-10-4-2-5-11-16)26(30-22(20)24(25)28)17-12-6-3-7-13-17/h2-15,20-22H,1H3/t20-,21-,22+/m1/s1. The molecule has 0 aliphatic carbocycles. The van der Waals surface area contributed by atoms with Gasteiger partial charge in [0, 0.05) is 0 Å². The second-order valence-electron chi connectivity index (χ2n) is 7.25. The number of hydrogen-bond donors (Lipinski definition) is 0. The van der Waals surface area contributed by atoms with Gasteiger partial charge in [-0.05, 0) is 29.8 Å². The maximum Gasteiger partial charge on any atom is 0.266 e. The fourth-order valence-electron chi connectivity index (χ4n) is 4.25. The predicted molar refractivity (Wildman–Crippen MR) is 112 cm³/mol. The minimum absolute atomic E-state index is 0.290. The van der Waals surface area contributed by atoms with Crippen LogP contribution in [0.25, 0.3) is 0 Å². The van der Waals surface area contributed by atoms with E-state index < -0.39 is 18.1 Å². The van der Waals surface area contributed by atoms with Crippen molar-refractivity contribution in [3.63, 3.8) is 0 Å². The first kappa shape index (κ1) is 18.4. The van der Waals surface area contributed by atoms with Crippen molar-refractivity contribution in [2.45, 2.75) is 12.1 Å². The maximum absolute atomic E-state index is 13.6. The van der Waals surface area contributed by atoms with E-state index in [-0.39, 0.29) is 11.8 Å². The Morgan fingerprint density at radius 3 is 2.13 bits per heavy atom. The summed E-state index contributed by atoms with van der Waals surface area (Å²) < 4.78 is 5.38. The van der Waals surface area contributed by atoms with Crippen molar-refractivity contribution in [2.75, 3.05) is 17.1 Å². The Hall–Kier alpha value is -3.64. The van der Waals surface area contributed by atoms with Gasteiger partial charge in [0.25, 0.3) is 5.91 Å². The zero-order valence-corrected chi connectivity index (χ0v) is 16.3. The van der Waals surface area contributed by atoms with Gasteiger partial charge in [0.05, 0.1) is 24.5 Å². The van der Waals surface area contributed by atoms with E-state index in [1.807, 2.05) is 60.7 Å². The number of anilines is 2. The Morgan fingerprint density at radius 2 is 1.43 bits per heavy atom. The molecule has 0 aromatic heterocycles. The van der Waals surface area contributed by atoms with E-state index in [0.717, 1.165) is 11.3 Å². The first-order chi connectivity index (χ1) is 14.7. The van der Waals surface area contributed by atoms with Crippen LogP contribution in [-0.2, 0) is 14.4 Å². The number of hydrogen-bond acceptors (Lipinski definition) is 5. The lowest BCUT2D eigenvalue weighted by Gasteiger charge is -2.29. The van der Waals surface area contributed by atoms with Crippen LogP contribution in [-0.4, -0.2) is 25.0 Å². The molecule has 0 N–H and O–H groups in total. The van der Waals surface area contributed by atoms with E-state index in [1.54, 1.807) is 29.3 Å². The number of rotatable bonds is 4. The van der Waals surface area contributed by atoms with Crippen LogP contribution in [0.5, 0.6) is 5.75 Å². The number of para-hydroxylation sites is 3. The number of hydroxylamine groups is 1. The topological polar surface area (TPSA) is 59.1 Å². The number of nitrogens with zero attached hydrogens (tertiary/aromatic N) is 2. The highest BCUT2D eigenvalue weighted by Gasteiger charge is 2.60. The molecule has 2 amide bonds. The predicted octanol–water partition coefficient (Wildman–Crippen LogP) is 3.75. The molecule has 3 atom stereocenters. The largest absolute Gasteiger partial charge is 0.495 e. The monoisotopic (exact) mass is 400 g/mol. The number of carbonyl (C=O) groups is 2. The molecule has 0 spiro atoms. The molecular formula is C24H20N2O4. The van der Waals surface area contributed by atoms with Crippen LogP contribution < -0.4 is 14.7 Å². The van der Waals surface area contributed by atoms with Crippen molar-refractivity contribution in [3.05, 3.63) is 90.5 Å². The molecule has 2 aliphatic heterocycles. The van der Waals surface area contributed by atoms with E-state index in [1.165, 1.54) is 12.0 Å². The number of methoxy groups -OCH3 is 1. The lowest BCUT2D eigenvalue weighted by atomic mass is 9.90. The molecule has 6 heteroatoms. The molecule has 150 valence electrons. The van der Waals surface area contributed by atoms with Crippen LogP contribution in [0.1, 0.15) is 11.6 Å². The molecule has 2 fully saturated rings. The van der Waals surface area contributed by atoms with Crippen molar-refractivity contribution in [2.24, 2.45) is 5.92 Å². The lowest BCUT2D eigenvalue weighted by molar-refractivity contribution is -0.126. The van der Waals surface area contributed by atoms with Crippen molar-refractivity contribution in [1.82, 2.24) is 0 Å². The average Bonchev–Trinajstić information content (AvgIpc) is 3.31. The molecule has 0 unspecified atom stereocenters. The summed E-state index contributed by atoms with van der Waals surface area (Å²) in [4.78, 5) is 34.2. The Labute approximate surface area is 174 Å². The minimum atomic E-state index is -0.896. The summed E-state index contributed by atoms with van der Waals surface area (Å²) in [5.74, 6) is -0.865. The molecule has 3 aromatic rings. The summed E-state index contributed by atoms with van der Waals surface area (Å²) in [7, 11) is 1.52. The zero-order chi connectivity index (χ0) is 20.7. The van der Waals surface area contributed by atoms with Gasteiger partial charge in [-0.2, -0.15) is 0 Å². The number of imide groups is 1. The van der Waals surface area contributed by atoms with Gasteiger partial charge in [0.1, 0.15) is 11.7 Å². The number of carbonyl (C=O) groups excluding carboxylic acids is 2. The number of benzene rings is 3. The fourth-order valence-corrected chi connectivity index (χ4v) is 4.25. The van der Waals surface area contributed by atoms with Crippen molar-refractivity contribution < 1.29 is 19.2 Å². The molecule has 0 bridgehead atoms. The van der Waals surface area contributed by atoms with Gasteiger partial charge in [0.2, 0.25) is 5.91 Å². The van der Waals surface area contributed by atoms with E-state index in [4.69, 9.17) is 9.57 Å². The molecule has 0 saturated carbocycles. The second kappa shape index (κ2) is 7.31. The van der Waals surface area contributed by atoms with E-state index >= 15 is 0 Å². The number of amides is 2. The summed E-state index contributed by atoms with van der Waals surface area (Å²) in [6, 6.07) is 25.8. The highest BCUT2D eigenvalue weighted by molar-refractivity contribution is 6.24. The molecule has 2 aliphatic rings. The molecule has 2 heterocycles.